The van der Waals surface area contributed by atoms with E-state index in [1.165, 1.54) is 0 Å². The van der Waals surface area contributed by atoms with E-state index in [1.807, 2.05) is 61.5 Å². The van der Waals surface area contributed by atoms with Gasteiger partial charge in [0.15, 0.2) is 6.10 Å². The van der Waals surface area contributed by atoms with Crippen LogP contribution in [0.4, 0.5) is 4.79 Å². The predicted octanol–water partition coefficient (Wildman–Crippen LogP) is 4.54. The molecule has 1 atom stereocenters. The third kappa shape index (κ3) is 7.45. The molecule has 0 aliphatic carbocycles. The van der Waals surface area contributed by atoms with E-state index < -0.39 is 18.2 Å². The average molecular weight is 467 g/mol. The van der Waals surface area contributed by atoms with Crippen LogP contribution in [0, 0.1) is 6.92 Å². The Labute approximate surface area is 198 Å². The van der Waals surface area contributed by atoms with Crippen LogP contribution in [0.25, 0.3) is 11.5 Å². The fourth-order valence-corrected chi connectivity index (χ4v) is 3.49. The van der Waals surface area contributed by atoms with Gasteiger partial charge in [0.05, 0.1) is 12.3 Å². The van der Waals surface area contributed by atoms with E-state index in [0.29, 0.717) is 25.3 Å². The molecule has 8 nitrogen and oxygen atoms in total. The van der Waals surface area contributed by atoms with Gasteiger partial charge < -0.3 is 24.3 Å². The lowest BCUT2D eigenvalue weighted by atomic mass is 10.0. The van der Waals surface area contributed by atoms with Crippen LogP contribution in [-0.2, 0) is 33.7 Å². The van der Waals surface area contributed by atoms with Crippen LogP contribution in [0.15, 0.2) is 59.0 Å². The lowest BCUT2D eigenvalue weighted by Crippen LogP contribution is -2.26. The molecule has 0 fully saturated rings. The Bertz CT molecular complexity index is 1080. The van der Waals surface area contributed by atoms with E-state index in [1.54, 1.807) is 6.92 Å². The number of carboxylic acid groups (broad SMARTS) is 1. The van der Waals surface area contributed by atoms with Gasteiger partial charge in [-0.05, 0) is 49.9 Å². The Morgan fingerprint density at radius 1 is 1.12 bits per heavy atom. The van der Waals surface area contributed by atoms with E-state index in [4.69, 9.17) is 13.9 Å². The van der Waals surface area contributed by atoms with Crippen LogP contribution in [-0.4, -0.2) is 41.5 Å². The molecule has 1 amide bonds. The lowest BCUT2D eigenvalue weighted by Gasteiger charge is -2.13. The summed E-state index contributed by atoms with van der Waals surface area (Å²) in [6.07, 6.45) is 0.121. The van der Waals surface area contributed by atoms with Crippen molar-refractivity contribution >= 4 is 12.1 Å². The highest BCUT2D eigenvalue weighted by atomic mass is 16.5. The quantitative estimate of drug-likeness (QED) is 0.377. The Morgan fingerprint density at radius 3 is 2.62 bits per heavy atom. The number of aliphatic carboxylic acids is 1. The number of hydrogen-bond donors (Lipinski definition) is 2. The smallest absolute Gasteiger partial charge is 0.407 e. The molecule has 0 radical (unpaired) electrons. The number of benzene rings is 2. The number of oxazole rings is 1. The third-order valence-corrected chi connectivity index (χ3v) is 5.20. The zero-order valence-corrected chi connectivity index (χ0v) is 19.5. The summed E-state index contributed by atoms with van der Waals surface area (Å²) in [5, 5.41) is 12.0. The molecule has 1 heterocycles. The summed E-state index contributed by atoms with van der Waals surface area (Å²) in [5.41, 5.74) is 3.45. The molecular weight excluding hydrogens is 436 g/mol. The predicted molar refractivity (Wildman–Crippen MR) is 126 cm³/mol. The van der Waals surface area contributed by atoms with Crippen LogP contribution in [0.2, 0.25) is 0 Å². The molecule has 0 aliphatic heterocycles. The molecule has 3 aromatic rings. The first-order valence-corrected chi connectivity index (χ1v) is 11.3. The molecule has 1 unspecified atom stereocenters. The summed E-state index contributed by atoms with van der Waals surface area (Å²) >= 11 is 0. The first-order chi connectivity index (χ1) is 16.5. The molecule has 0 saturated carbocycles. The standard InChI is InChI=1S/C26H30N2O6/c1-3-32-23(25(29)30)16-19-9-7-10-20(15-19)17-27-26(31)33-14-8-13-22-18(2)34-24(28-22)21-11-5-4-6-12-21/h4-7,9-12,15,23H,3,8,13-14,16-17H2,1-2H3,(H,27,31)(H,29,30). The third-order valence-electron chi connectivity index (χ3n) is 5.20. The molecule has 1 aromatic heterocycles. The van der Waals surface area contributed by atoms with Crippen molar-refractivity contribution in [1.82, 2.24) is 10.3 Å². The maximum Gasteiger partial charge on any atom is 0.407 e. The van der Waals surface area contributed by atoms with Crippen LogP contribution >= 0.6 is 0 Å². The van der Waals surface area contributed by atoms with Crippen LogP contribution < -0.4 is 5.32 Å². The van der Waals surface area contributed by atoms with E-state index in [9.17, 15) is 14.7 Å². The molecule has 2 N–H and O–H groups in total. The number of amides is 1. The molecule has 0 saturated heterocycles. The first-order valence-electron chi connectivity index (χ1n) is 11.3. The minimum Gasteiger partial charge on any atom is -0.479 e. The van der Waals surface area contributed by atoms with Gasteiger partial charge in [0.2, 0.25) is 5.89 Å². The van der Waals surface area contributed by atoms with Crippen molar-refractivity contribution in [2.75, 3.05) is 13.2 Å². The number of carbonyl (C=O) groups excluding carboxylic acids is 1. The van der Waals surface area contributed by atoms with Gasteiger partial charge in [-0.15, -0.1) is 0 Å². The number of alkyl carbamates (subject to hydrolysis) is 1. The number of rotatable bonds is 12. The van der Waals surface area contributed by atoms with Gasteiger partial charge in [-0.3, -0.25) is 0 Å². The zero-order valence-electron chi connectivity index (χ0n) is 19.5. The molecule has 0 aliphatic rings. The Balaban J connectivity index is 1.41. The van der Waals surface area contributed by atoms with Gasteiger partial charge >= 0.3 is 12.1 Å². The Kier molecular flexibility index (Phi) is 9.22. The van der Waals surface area contributed by atoms with Crippen molar-refractivity contribution in [3.8, 4) is 11.5 Å². The monoisotopic (exact) mass is 466 g/mol. The van der Waals surface area contributed by atoms with Crippen LogP contribution in [0.3, 0.4) is 0 Å². The summed E-state index contributed by atoms with van der Waals surface area (Å²) in [6, 6.07) is 17.1. The van der Waals surface area contributed by atoms with Crippen molar-refractivity contribution in [1.29, 1.82) is 0 Å². The first kappa shape index (κ1) is 25.0. The minimum absolute atomic E-state index is 0.257. The van der Waals surface area contributed by atoms with Crippen molar-refractivity contribution in [2.24, 2.45) is 0 Å². The van der Waals surface area contributed by atoms with Crippen molar-refractivity contribution < 1.29 is 28.6 Å². The van der Waals surface area contributed by atoms with Crippen LogP contribution in [0.1, 0.15) is 35.9 Å². The largest absolute Gasteiger partial charge is 0.479 e. The SMILES string of the molecule is CCOC(Cc1cccc(CNC(=O)OCCCc2nc(-c3ccccc3)oc2C)c1)C(=O)O. The van der Waals surface area contributed by atoms with Gasteiger partial charge in [-0.25, -0.2) is 14.6 Å². The number of nitrogens with zero attached hydrogens (tertiary/aromatic N) is 1. The van der Waals surface area contributed by atoms with E-state index >= 15 is 0 Å². The molecule has 3 rings (SSSR count). The average Bonchev–Trinajstić information content (AvgIpc) is 3.21. The molecule has 180 valence electrons. The van der Waals surface area contributed by atoms with E-state index in [0.717, 1.165) is 28.1 Å². The number of aryl methyl sites for hydroxylation is 2. The second-order valence-corrected chi connectivity index (χ2v) is 7.79. The topological polar surface area (TPSA) is 111 Å². The number of carbonyl (C=O) groups is 2. The molecular formula is C26H30N2O6. The van der Waals surface area contributed by atoms with Gasteiger partial charge in [0.25, 0.3) is 0 Å². The fourth-order valence-electron chi connectivity index (χ4n) is 3.49. The normalized spacial score (nSPS) is 11.7. The maximum absolute atomic E-state index is 12.1. The Morgan fingerprint density at radius 2 is 1.88 bits per heavy atom. The van der Waals surface area contributed by atoms with Gasteiger partial charge in [-0.2, -0.15) is 0 Å². The molecule has 0 bridgehead atoms. The lowest BCUT2D eigenvalue weighted by molar-refractivity contribution is -0.149. The molecule has 34 heavy (non-hydrogen) atoms. The second-order valence-electron chi connectivity index (χ2n) is 7.79. The summed E-state index contributed by atoms with van der Waals surface area (Å²) in [7, 11) is 0. The summed E-state index contributed by atoms with van der Waals surface area (Å²) < 4.78 is 16.3. The van der Waals surface area contributed by atoms with Gasteiger partial charge in [-0.1, -0.05) is 42.5 Å². The number of ether oxygens (including phenoxy) is 2. The second kappa shape index (κ2) is 12.6. The minimum atomic E-state index is -0.994. The summed E-state index contributed by atoms with van der Waals surface area (Å²) in [5.74, 6) is 0.355. The maximum atomic E-state index is 12.1. The number of nitrogens with one attached hydrogen (secondary N) is 1. The van der Waals surface area contributed by atoms with Crippen molar-refractivity contribution in [3.63, 3.8) is 0 Å². The fraction of sp³-hybridized carbons (Fsp3) is 0.346. The summed E-state index contributed by atoms with van der Waals surface area (Å²) in [6.45, 7) is 4.50. The highest BCUT2D eigenvalue weighted by Gasteiger charge is 2.18. The van der Waals surface area contributed by atoms with E-state index in [-0.39, 0.29) is 19.6 Å². The number of carboxylic acids is 1. The molecule has 0 spiro atoms. The Hall–Kier alpha value is -3.65. The van der Waals surface area contributed by atoms with Gasteiger partial charge in [0.1, 0.15) is 5.76 Å². The highest BCUT2D eigenvalue weighted by molar-refractivity contribution is 5.72. The van der Waals surface area contributed by atoms with Gasteiger partial charge in [0, 0.05) is 25.1 Å². The zero-order chi connectivity index (χ0) is 24.3. The number of aromatic nitrogens is 1. The highest BCUT2D eigenvalue weighted by Crippen LogP contribution is 2.22. The molecule has 8 heteroatoms. The van der Waals surface area contributed by atoms with E-state index in [2.05, 4.69) is 10.3 Å². The summed E-state index contributed by atoms with van der Waals surface area (Å²) in [4.78, 5) is 27.9. The number of hydrogen-bond acceptors (Lipinski definition) is 6. The van der Waals surface area contributed by atoms with Crippen molar-refractivity contribution in [3.05, 3.63) is 77.2 Å². The van der Waals surface area contributed by atoms with Crippen molar-refractivity contribution in [2.45, 2.75) is 45.8 Å². The molecule has 2 aromatic carbocycles. The van der Waals surface area contributed by atoms with Crippen LogP contribution in [0.5, 0.6) is 0 Å².